The van der Waals surface area contributed by atoms with Gasteiger partial charge >= 0.3 is 0 Å². The van der Waals surface area contributed by atoms with Gasteiger partial charge in [0.05, 0.1) is 0 Å². The third kappa shape index (κ3) is 2.51. The number of hydrogen-bond acceptors (Lipinski definition) is 2. The fourth-order valence-corrected chi connectivity index (χ4v) is 2.20. The summed E-state index contributed by atoms with van der Waals surface area (Å²) in [5.41, 5.74) is 4.32. The first kappa shape index (κ1) is 10.5. The molecular formula is C13H19NO. The Balaban J connectivity index is 2.09. The zero-order valence-electron chi connectivity index (χ0n) is 9.38. The maximum atomic E-state index is 5.09. The number of fused-ring (bicyclic) bond motifs is 1. The van der Waals surface area contributed by atoms with Crippen LogP contribution in [0.5, 0.6) is 0 Å². The van der Waals surface area contributed by atoms with Crippen LogP contribution in [0.3, 0.4) is 0 Å². The first-order valence-corrected chi connectivity index (χ1v) is 5.75. The Morgan fingerprint density at radius 1 is 1.40 bits per heavy atom. The smallest absolute Gasteiger partial charge is 0.0465 e. The summed E-state index contributed by atoms with van der Waals surface area (Å²) in [5.74, 6) is 0. The van der Waals surface area contributed by atoms with Gasteiger partial charge in [0.1, 0.15) is 0 Å². The molecule has 0 bridgehead atoms. The van der Waals surface area contributed by atoms with Crippen molar-refractivity contribution in [2.45, 2.75) is 25.7 Å². The molecule has 2 heteroatoms. The largest absolute Gasteiger partial charge is 0.385 e. The molecule has 82 valence electrons. The quantitative estimate of drug-likeness (QED) is 0.763. The van der Waals surface area contributed by atoms with Crippen molar-refractivity contribution in [3.8, 4) is 0 Å². The van der Waals surface area contributed by atoms with Crippen LogP contribution in [0.2, 0.25) is 0 Å². The average Bonchev–Trinajstić information content (AvgIpc) is 2.30. The highest BCUT2D eigenvalue weighted by atomic mass is 16.5. The van der Waals surface area contributed by atoms with E-state index in [1.54, 1.807) is 7.11 Å². The third-order valence-corrected chi connectivity index (χ3v) is 2.96. The first-order chi connectivity index (χ1) is 7.42. The van der Waals surface area contributed by atoms with E-state index in [0.29, 0.717) is 0 Å². The maximum Gasteiger partial charge on any atom is 0.0465 e. The summed E-state index contributed by atoms with van der Waals surface area (Å²) in [6.45, 7) is 1.97. The number of ether oxygens (including phenoxy) is 1. The van der Waals surface area contributed by atoms with Gasteiger partial charge in [-0.05, 0) is 36.8 Å². The lowest BCUT2D eigenvalue weighted by Gasteiger charge is -2.21. The SMILES string of the molecule is COCCCc1cccc2c1NCCC2. The Kier molecular flexibility index (Phi) is 3.62. The molecule has 1 heterocycles. The second-order valence-electron chi connectivity index (χ2n) is 4.08. The standard InChI is InChI=1S/C13H19NO/c1-15-10-4-8-12-6-2-5-11-7-3-9-14-13(11)12/h2,5-6,14H,3-4,7-10H2,1H3. The molecule has 0 radical (unpaired) electrons. The van der Waals surface area contributed by atoms with Crippen molar-refractivity contribution in [1.82, 2.24) is 0 Å². The summed E-state index contributed by atoms with van der Waals surface area (Å²) >= 11 is 0. The summed E-state index contributed by atoms with van der Waals surface area (Å²) in [6, 6.07) is 6.64. The van der Waals surface area contributed by atoms with E-state index in [4.69, 9.17) is 4.74 Å². The van der Waals surface area contributed by atoms with E-state index in [9.17, 15) is 0 Å². The topological polar surface area (TPSA) is 21.3 Å². The van der Waals surface area contributed by atoms with Crippen molar-refractivity contribution in [1.29, 1.82) is 0 Å². The highest BCUT2D eigenvalue weighted by molar-refractivity contribution is 5.59. The van der Waals surface area contributed by atoms with Gasteiger partial charge in [-0.25, -0.2) is 0 Å². The molecule has 2 rings (SSSR count). The van der Waals surface area contributed by atoms with Gasteiger partial charge in [-0.15, -0.1) is 0 Å². The summed E-state index contributed by atoms with van der Waals surface area (Å²) in [6.07, 6.45) is 4.70. The zero-order chi connectivity index (χ0) is 10.5. The first-order valence-electron chi connectivity index (χ1n) is 5.75. The number of para-hydroxylation sites is 1. The molecule has 1 aromatic rings. The predicted molar refractivity (Wildman–Crippen MR) is 63.4 cm³/mol. The van der Waals surface area contributed by atoms with Crippen molar-refractivity contribution >= 4 is 5.69 Å². The van der Waals surface area contributed by atoms with E-state index in [1.165, 1.54) is 29.7 Å². The lowest BCUT2D eigenvalue weighted by molar-refractivity contribution is 0.195. The molecule has 0 aromatic heterocycles. The summed E-state index contributed by atoms with van der Waals surface area (Å²) in [5, 5.41) is 3.52. The molecule has 0 unspecified atom stereocenters. The number of hydrogen-bond donors (Lipinski definition) is 1. The molecule has 0 spiro atoms. The Morgan fingerprint density at radius 3 is 3.20 bits per heavy atom. The normalized spacial score (nSPS) is 14.5. The molecule has 15 heavy (non-hydrogen) atoms. The van der Waals surface area contributed by atoms with Crippen molar-refractivity contribution in [3.63, 3.8) is 0 Å². The van der Waals surface area contributed by atoms with Crippen LogP contribution in [-0.4, -0.2) is 20.3 Å². The number of nitrogens with one attached hydrogen (secondary N) is 1. The summed E-state index contributed by atoms with van der Waals surface area (Å²) < 4.78 is 5.09. The van der Waals surface area contributed by atoms with Crippen LogP contribution in [0.25, 0.3) is 0 Å². The molecule has 2 nitrogen and oxygen atoms in total. The van der Waals surface area contributed by atoms with E-state index in [0.717, 1.165) is 26.0 Å². The molecule has 1 N–H and O–H groups in total. The van der Waals surface area contributed by atoms with Crippen LogP contribution in [0.15, 0.2) is 18.2 Å². The van der Waals surface area contributed by atoms with Gasteiger partial charge in [-0.3, -0.25) is 0 Å². The molecule has 0 fully saturated rings. The minimum absolute atomic E-state index is 0.851. The van der Waals surface area contributed by atoms with E-state index >= 15 is 0 Å². The van der Waals surface area contributed by atoms with Crippen molar-refractivity contribution in [3.05, 3.63) is 29.3 Å². The monoisotopic (exact) mass is 205 g/mol. The Morgan fingerprint density at radius 2 is 2.33 bits per heavy atom. The maximum absolute atomic E-state index is 5.09. The molecule has 0 saturated heterocycles. The third-order valence-electron chi connectivity index (χ3n) is 2.96. The highest BCUT2D eigenvalue weighted by Gasteiger charge is 2.11. The van der Waals surface area contributed by atoms with Gasteiger partial charge in [0.15, 0.2) is 0 Å². The molecule has 1 aromatic carbocycles. The van der Waals surface area contributed by atoms with Crippen LogP contribution in [0, 0.1) is 0 Å². The second-order valence-corrected chi connectivity index (χ2v) is 4.08. The zero-order valence-corrected chi connectivity index (χ0v) is 9.38. The van der Waals surface area contributed by atoms with Crippen molar-refractivity contribution in [2.24, 2.45) is 0 Å². The van der Waals surface area contributed by atoms with Crippen LogP contribution in [0.1, 0.15) is 24.0 Å². The minimum atomic E-state index is 0.851. The molecule has 0 aliphatic carbocycles. The van der Waals surface area contributed by atoms with Crippen molar-refractivity contribution < 1.29 is 4.74 Å². The van der Waals surface area contributed by atoms with E-state index < -0.39 is 0 Å². The Hall–Kier alpha value is -1.02. The number of methoxy groups -OCH3 is 1. The average molecular weight is 205 g/mol. The van der Waals surface area contributed by atoms with E-state index in [1.807, 2.05) is 0 Å². The van der Waals surface area contributed by atoms with Gasteiger partial charge in [-0.2, -0.15) is 0 Å². The van der Waals surface area contributed by atoms with Gasteiger partial charge in [-0.1, -0.05) is 18.2 Å². The molecule has 0 amide bonds. The minimum Gasteiger partial charge on any atom is -0.385 e. The fraction of sp³-hybridized carbons (Fsp3) is 0.538. The number of benzene rings is 1. The summed E-state index contributed by atoms with van der Waals surface area (Å²) in [4.78, 5) is 0. The van der Waals surface area contributed by atoms with Gasteiger partial charge in [0, 0.05) is 25.9 Å². The van der Waals surface area contributed by atoms with Gasteiger partial charge in [0.25, 0.3) is 0 Å². The van der Waals surface area contributed by atoms with Crippen LogP contribution in [0.4, 0.5) is 5.69 Å². The molecule has 0 saturated carbocycles. The molecule has 1 aliphatic rings. The van der Waals surface area contributed by atoms with Crippen LogP contribution < -0.4 is 5.32 Å². The van der Waals surface area contributed by atoms with E-state index in [-0.39, 0.29) is 0 Å². The van der Waals surface area contributed by atoms with Crippen molar-refractivity contribution in [2.75, 3.05) is 25.6 Å². The highest BCUT2D eigenvalue weighted by Crippen LogP contribution is 2.26. The lowest BCUT2D eigenvalue weighted by Crippen LogP contribution is -2.13. The van der Waals surface area contributed by atoms with Crippen LogP contribution in [-0.2, 0) is 17.6 Å². The Labute approximate surface area is 91.6 Å². The number of rotatable bonds is 4. The number of aryl methyl sites for hydroxylation is 2. The lowest BCUT2D eigenvalue weighted by atomic mass is 9.97. The Bertz CT molecular complexity index is 322. The van der Waals surface area contributed by atoms with Gasteiger partial charge in [0.2, 0.25) is 0 Å². The molecule has 0 atom stereocenters. The molecule has 1 aliphatic heterocycles. The number of anilines is 1. The fourth-order valence-electron chi connectivity index (χ4n) is 2.20. The predicted octanol–water partition coefficient (Wildman–Crippen LogP) is 2.62. The molecular weight excluding hydrogens is 186 g/mol. The van der Waals surface area contributed by atoms with E-state index in [2.05, 4.69) is 23.5 Å². The van der Waals surface area contributed by atoms with Crippen LogP contribution >= 0.6 is 0 Å². The summed E-state index contributed by atoms with van der Waals surface area (Å²) in [7, 11) is 1.76. The second kappa shape index (κ2) is 5.17. The van der Waals surface area contributed by atoms with Gasteiger partial charge < -0.3 is 10.1 Å².